The summed E-state index contributed by atoms with van der Waals surface area (Å²) in [5.41, 5.74) is 6.18. The molecule has 102 heavy (non-hydrogen) atoms. The van der Waals surface area contributed by atoms with Crippen molar-refractivity contribution in [1.29, 1.82) is 0 Å². The van der Waals surface area contributed by atoms with Crippen molar-refractivity contribution in [3.63, 3.8) is 0 Å². The number of anilines is 8. The molecule has 0 saturated carbocycles. The summed E-state index contributed by atoms with van der Waals surface area (Å²) in [7, 11) is 0. The van der Waals surface area contributed by atoms with E-state index in [2.05, 4.69) is 112 Å². The summed E-state index contributed by atoms with van der Waals surface area (Å²) in [6.07, 6.45) is 3.07. The number of halogens is 8. The second kappa shape index (κ2) is 34.1. The maximum absolute atomic E-state index is 13.3. The highest BCUT2D eigenvalue weighted by Gasteiger charge is 2.27. The first kappa shape index (κ1) is 74.1. The van der Waals surface area contributed by atoms with Gasteiger partial charge in [-0.2, -0.15) is 36.7 Å². The van der Waals surface area contributed by atoms with Crippen LogP contribution in [-0.2, 0) is 38.0 Å². The summed E-state index contributed by atoms with van der Waals surface area (Å²) in [5, 5.41) is 96.0. The molecule has 0 aliphatic rings. The molecule has 0 spiro atoms. The molecule has 12 aromatic rings. The van der Waals surface area contributed by atoms with Gasteiger partial charge >= 0.3 is 12.2 Å². The number of aliphatic hydroxyl groups excluding tert-OH is 4. The van der Waals surface area contributed by atoms with Crippen molar-refractivity contribution in [2.24, 2.45) is 0 Å². The molecule has 0 bridgehead atoms. The monoisotopic (exact) mass is 1420 g/mol. The molecule has 0 aliphatic carbocycles. The largest absolute Gasteiger partial charge is 0.433 e. The van der Waals surface area contributed by atoms with E-state index in [1.807, 2.05) is 0 Å². The van der Waals surface area contributed by atoms with Crippen LogP contribution in [0.5, 0.6) is 11.5 Å². The average molecular weight is 1420 g/mol. The lowest BCUT2D eigenvalue weighted by Crippen LogP contribution is -2.18. The molecular formula is C64H64F8N24O6. The van der Waals surface area contributed by atoms with Gasteiger partial charge in [0.25, 0.3) is 11.8 Å². The smallest absolute Gasteiger partial charge is 0.394 e. The topological polar surface area (TPSA) is 373 Å². The Morgan fingerprint density at radius 1 is 0.363 bits per heavy atom. The Morgan fingerprint density at radius 2 is 0.657 bits per heavy atom. The predicted octanol–water partition coefficient (Wildman–Crippen LogP) is 10.1. The van der Waals surface area contributed by atoms with Crippen molar-refractivity contribution in [3.8, 4) is 57.1 Å². The number of nitrogens with one attached hydrogen (secondary N) is 4. The van der Waals surface area contributed by atoms with Crippen LogP contribution in [0.2, 0.25) is 0 Å². The fourth-order valence-corrected chi connectivity index (χ4v) is 8.78. The lowest BCUT2D eigenvalue weighted by molar-refractivity contribution is -0.159. The lowest BCUT2D eigenvalue weighted by Gasteiger charge is -2.14. The number of nitrogens with zero attached hydrogens (tertiary/aromatic N) is 20. The molecule has 38 heteroatoms. The Labute approximate surface area is 574 Å². The van der Waals surface area contributed by atoms with Crippen molar-refractivity contribution in [1.82, 2.24) is 101 Å². The number of hydrogen-bond acceptors (Lipinski definition) is 26. The summed E-state index contributed by atoms with van der Waals surface area (Å²) in [5.74, 6) is -3.31. The Bertz CT molecular complexity index is 4280. The summed E-state index contributed by atoms with van der Waals surface area (Å²) < 4.78 is 114. The van der Waals surface area contributed by atoms with E-state index in [-0.39, 0.29) is 75.2 Å². The Kier molecular flexibility index (Phi) is 24.7. The maximum atomic E-state index is 13.3. The van der Waals surface area contributed by atoms with E-state index in [9.17, 15) is 35.1 Å². The minimum atomic E-state index is -3.24. The quantitative estimate of drug-likeness (QED) is 0.0234. The average Bonchev–Trinajstić information content (AvgIpc) is 1.64. The van der Waals surface area contributed by atoms with E-state index in [0.29, 0.717) is 105 Å². The number of tetrazole rings is 4. The number of ether oxygens (including phenoxy) is 2. The fourth-order valence-electron chi connectivity index (χ4n) is 8.78. The molecular weight excluding hydrogens is 1350 g/mol. The standard InChI is InChI=1S/2C16H16F2N6O2.2C16H16F2N6O/c1-16(17,18)26-12-4-2-11(3-5-12)20-14-6-7-19-10-13(14)15-21-23-24(22-15)8-9-25;1-16(17,18)26-12-6-4-11(5-7-12)20-14-13(3-2-8-19-14)15-21-23-24(22-15)9-10-25;1-16(17,18)11-2-4-12(5-3-11)20-14-6-7-19-10-13(14)15-21-23-24(22-15)8-9-25;1-16(17,18)11-4-6-12(7-5-11)20-14-13(3-2-8-19-14)15-21-23-24(22-15)9-10-25/h2-7,10,25H,8-9H2,1H3,(H,19,20);2-8,25H,9-10H2,1H3,(H,19,20);2-7,10,25H,8-9H2,1H3,(H,19,20);2-8,25H,9-10H2,1H3,(H,19,20). The molecule has 0 unspecified atom stereocenters. The molecule has 4 aromatic carbocycles. The highest BCUT2D eigenvalue weighted by Crippen LogP contribution is 2.35. The van der Waals surface area contributed by atoms with Gasteiger partial charge in [-0.25, -0.2) is 27.5 Å². The molecule has 0 aliphatic heterocycles. The highest BCUT2D eigenvalue weighted by atomic mass is 19.3. The number of pyridine rings is 4. The van der Waals surface area contributed by atoms with Gasteiger partial charge in [0, 0.05) is 98.8 Å². The van der Waals surface area contributed by atoms with E-state index in [1.54, 1.807) is 122 Å². The molecule has 8 heterocycles. The van der Waals surface area contributed by atoms with Crippen LogP contribution in [-0.4, -0.2) is 160 Å². The van der Waals surface area contributed by atoms with Gasteiger partial charge in [0.1, 0.15) is 23.1 Å². The van der Waals surface area contributed by atoms with E-state index < -0.39 is 24.1 Å². The number of aromatic nitrogens is 20. The van der Waals surface area contributed by atoms with Gasteiger partial charge in [0.2, 0.25) is 23.3 Å². The number of hydrogen-bond donors (Lipinski definition) is 8. The third-order valence-electron chi connectivity index (χ3n) is 13.4. The molecule has 0 saturated heterocycles. The van der Waals surface area contributed by atoms with Crippen LogP contribution in [0.3, 0.4) is 0 Å². The number of benzene rings is 4. The second-order valence-electron chi connectivity index (χ2n) is 21.7. The van der Waals surface area contributed by atoms with Crippen molar-refractivity contribution >= 4 is 45.8 Å². The van der Waals surface area contributed by atoms with Crippen LogP contribution in [0.15, 0.2) is 171 Å². The van der Waals surface area contributed by atoms with Crippen LogP contribution < -0.4 is 30.7 Å². The summed E-state index contributed by atoms with van der Waals surface area (Å²) in [6.45, 7) is 3.63. The van der Waals surface area contributed by atoms with E-state index >= 15 is 0 Å². The number of rotatable bonds is 26. The maximum Gasteiger partial charge on any atom is 0.394 e. The summed E-state index contributed by atoms with van der Waals surface area (Å²) in [6, 6.07) is 34.3. The first-order valence-electron chi connectivity index (χ1n) is 30.6. The number of aliphatic hydroxyl groups is 4. The van der Waals surface area contributed by atoms with Crippen molar-refractivity contribution in [2.75, 3.05) is 47.7 Å². The molecule has 532 valence electrons. The minimum Gasteiger partial charge on any atom is -0.433 e. The zero-order valence-electron chi connectivity index (χ0n) is 54.4. The zero-order chi connectivity index (χ0) is 72.9. The zero-order valence-corrected chi connectivity index (χ0v) is 54.4. The fraction of sp³-hybridized carbons (Fsp3) is 0.250. The summed E-state index contributed by atoms with van der Waals surface area (Å²) in [4.78, 5) is 21.8. The molecule has 0 radical (unpaired) electrons. The van der Waals surface area contributed by atoms with Crippen molar-refractivity contribution in [2.45, 2.75) is 77.9 Å². The molecule has 0 amide bonds. The van der Waals surface area contributed by atoms with Gasteiger partial charge in [0.05, 0.1) is 86.2 Å². The highest BCUT2D eigenvalue weighted by molar-refractivity contribution is 5.78. The third-order valence-corrected chi connectivity index (χ3v) is 13.4. The van der Waals surface area contributed by atoms with E-state index in [0.717, 1.165) is 13.8 Å². The Balaban J connectivity index is 0.000000158. The van der Waals surface area contributed by atoms with Gasteiger partial charge in [0.15, 0.2) is 0 Å². The lowest BCUT2D eigenvalue weighted by atomic mass is 10.1. The molecule has 0 fully saturated rings. The molecule has 30 nitrogen and oxygen atoms in total. The third kappa shape index (κ3) is 21.9. The molecule has 12 rings (SSSR count). The van der Waals surface area contributed by atoms with Gasteiger partial charge in [-0.1, -0.05) is 24.3 Å². The van der Waals surface area contributed by atoms with Gasteiger partial charge in [-0.15, -0.1) is 40.8 Å². The SMILES string of the molecule is CC(F)(F)Oc1ccc(Nc2ccncc2-c2nnn(CCO)n2)cc1.CC(F)(F)Oc1ccc(Nc2ncccc2-c2nnn(CCO)n2)cc1.CC(F)(F)c1ccc(Nc2ccncc2-c2nnn(CCO)n2)cc1.CC(F)(F)c1ccc(Nc2ncccc2-c2nnn(CCO)n2)cc1. The van der Waals surface area contributed by atoms with Crippen LogP contribution >= 0.6 is 0 Å². The van der Waals surface area contributed by atoms with Gasteiger partial charge in [-0.05, 0) is 130 Å². The number of alkyl halides is 8. The summed E-state index contributed by atoms with van der Waals surface area (Å²) >= 11 is 0. The minimum absolute atomic E-state index is 0.0536. The predicted molar refractivity (Wildman–Crippen MR) is 353 cm³/mol. The van der Waals surface area contributed by atoms with Crippen LogP contribution in [0.25, 0.3) is 45.6 Å². The van der Waals surface area contributed by atoms with E-state index in [4.69, 9.17) is 20.4 Å². The second-order valence-corrected chi connectivity index (χ2v) is 21.7. The Hall–Kier alpha value is -12.2. The van der Waals surface area contributed by atoms with E-state index in [1.165, 1.54) is 67.7 Å². The normalized spacial score (nSPS) is 11.5. The first-order chi connectivity index (χ1) is 48.8. The Morgan fingerprint density at radius 3 is 0.951 bits per heavy atom. The van der Waals surface area contributed by atoms with Gasteiger partial charge < -0.3 is 51.2 Å². The molecule has 8 N–H and O–H groups in total. The van der Waals surface area contributed by atoms with Crippen LogP contribution in [0.1, 0.15) is 38.8 Å². The van der Waals surface area contributed by atoms with Crippen LogP contribution in [0, 0.1) is 0 Å². The van der Waals surface area contributed by atoms with Crippen molar-refractivity contribution in [3.05, 3.63) is 182 Å². The molecule has 8 aromatic heterocycles. The molecule has 0 atom stereocenters. The van der Waals surface area contributed by atoms with Gasteiger partial charge in [-0.3, -0.25) is 9.97 Å². The van der Waals surface area contributed by atoms with Crippen molar-refractivity contribution < 1.29 is 65.0 Å². The van der Waals surface area contributed by atoms with Crippen LogP contribution in [0.4, 0.5) is 80.9 Å². The first-order valence-corrected chi connectivity index (χ1v) is 30.6.